The molecule has 1 aromatic heterocycles. The highest BCUT2D eigenvalue weighted by molar-refractivity contribution is 6.83. The fourth-order valence-electron chi connectivity index (χ4n) is 0.902. The molecular formula is C11H15NOSi. The number of rotatable bonds is 1. The van der Waals surface area contributed by atoms with Gasteiger partial charge in [0.25, 0.3) is 0 Å². The van der Waals surface area contributed by atoms with Gasteiger partial charge in [-0.1, -0.05) is 25.6 Å². The van der Waals surface area contributed by atoms with Gasteiger partial charge in [-0.3, -0.25) is 4.98 Å². The predicted molar refractivity (Wildman–Crippen MR) is 60.4 cm³/mol. The minimum atomic E-state index is -1.32. The van der Waals surface area contributed by atoms with Crippen molar-refractivity contribution in [2.75, 3.05) is 0 Å². The molecule has 0 unspecified atom stereocenters. The first-order valence-corrected chi connectivity index (χ1v) is 8.09. The molecule has 0 amide bonds. The Morgan fingerprint density at radius 3 is 2.64 bits per heavy atom. The molecule has 0 aromatic carbocycles. The highest BCUT2D eigenvalue weighted by Crippen LogP contribution is 2.02. The molecule has 1 heterocycles. The Kier molecular flexibility index (Phi) is 3.45. The molecule has 0 aliphatic carbocycles. The van der Waals surface area contributed by atoms with E-state index in [4.69, 9.17) is 5.11 Å². The lowest BCUT2D eigenvalue weighted by atomic mass is 10.2. The lowest BCUT2D eigenvalue weighted by molar-refractivity contribution is 0.281. The molecule has 0 saturated heterocycles. The van der Waals surface area contributed by atoms with Crippen molar-refractivity contribution in [3.63, 3.8) is 0 Å². The Morgan fingerprint density at radius 1 is 1.36 bits per heavy atom. The molecule has 0 radical (unpaired) electrons. The normalized spacial score (nSPS) is 10.6. The molecule has 0 aliphatic rings. The molecule has 3 heteroatoms. The first kappa shape index (κ1) is 11.0. The number of hydrogen-bond acceptors (Lipinski definition) is 2. The summed E-state index contributed by atoms with van der Waals surface area (Å²) in [6, 6.07) is 1.88. The summed E-state index contributed by atoms with van der Waals surface area (Å²) in [6.07, 6.45) is 3.38. The molecule has 14 heavy (non-hydrogen) atoms. The second-order valence-corrected chi connectivity index (χ2v) is 8.99. The van der Waals surface area contributed by atoms with Crippen LogP contribution in [0.2, 0.25) is 19.6 Å². The van der Waals surface area contributed by atoms with E-state index in [2.05, 4.69) is 36.1 Å². The summed E-state index contributed by atoms with van der Waals surface area (Å²) in [5, 5.41) is 8.91. The van der Waals surface area contributed by atoms with Gasteiger partial charge >= 0.3 is 0 Å². The number of pyridine rings is 1. The third-order valence-corrected chi connectivity index (χ3v) is 2.43. The lowest BCUT2D eigenvalue weighted by Crippen LogP contribution is -2.16. The van der Waals surface area contributed by atoms with Crippen molar-refractivity contribution in [2.24, 2.45) is 0 Å². The van der Waals surface area contributed by atoms with Crippen LogP contribution in [0, 0.1) is 11.5 Å². The highest BCUT2D eigenvalue weighted by atomic mass is 28.3. The van der Waals surface area contributed by atoms with E-state index in [-0.39, 0.29) is 6.61 Å². The van der Waals surface area contributed by atoms with Gasteiger partial charge in [-0.05, 0) is 11.6 Å². The molecule has 0 atom stereocenters. The van der Waals surface area contributed by atoms with E-state index >= 15 is 0 Å². The smallest absolute Gasteiger partial charge is 0.129 e. The molecule has 2 nitrogen and oxygen atoms in total. The Bertz CT molecular complexity index is 371. The Balaban J connectivity index is 2.90. The van der Waals surface area contributed by atoms with Gasteiger partial charge in [0.15, 0.2) is 0 Å². The first-order chi connectivity index (χ1) is 6.51. The van der Waals surface area contributed by atoms with E-state index in [1.807, 2.05) is 6.07 Å². The lowest BCUT2D eigenvalue weighted by Gasteiger charge is -2.03. The third kappa shape index (κ3) is 3.73. The molecule has 1 aromatic rings. The Labute approximate surface area is 86.0 Å². The van der Waals surface area contributed by atoms with Crippen LogP contribution in [0.4, 0.5) is 0 Å². The van der Waals surface area contributed by atoms with E-state index < -0.39 is 8.07 Å². The van der Waals surface area contributed by atoms with Gasteiger partial charge in [0, 0.05) is 18.0 Å². The molecule has 0 saturated carbocycles. The first-order valence-electron chi connectivity index (χ1n) is 4.59. The van der Waals surface area contributed by atoms with Crippen LogP contribution in [0.1, 0.15) is 11.1 Å². The van der Waals surface area contributed by atoms with Crippen LogP contribution in [0.3, 0.4) is 0 Å². The van der Waals surface area contributed by atoms with Gasteiger partial charge in [-0.25, -0.2) is 0 Å². The van der Waals surface area contributed by atoms with Crippen LogP contribution < -0.4 is 0 Å². The maximum atomic E-state index is 8.91. The second kappa shape index (κ2) is 4.40. The van der Waals surface area contributed by atoms with Crippen LogP contribution in [0.5, 0.6) is 0 Å². The van der Waals surface area contributed by atoms with Gasteiger partial charge in [-0.2, -0.15) is 0 Å². The van der Waals surface area contributed by atoms with Gasteiger partial charge < -0.3 is 5.11 Å². The second-order valence-electron chi connectivity index (χ2n) is 4.24. The van der Waals surface area contributed by atoms with Gasteiger partial charge in [0.1, 0.15) is 8.07 Å². The van der Waals surface area contributed by atoms with E-state index in [0.717, 1.165) is 11.1 Å². The minimum absolute atomic E-state index is 0.0233. The average Bonchev–Trinajstić information content (AvgIpc) is 2.14. The summed E-state index contributed by atoms with van der Waals surface area (Å²) in [5.74, 6) is 3.10. The molecular weight excluding hydrogens is 190 g/mol. The van der Waals surface area contributed by atoms with Crippen molar-refractivity contribution in [2.45, 2.75) is 26.2 Å². The Hall–Kier alpha value is -1.11. The fraction of sp³-hybridized carbons (Fsp3) is 0.364. The molecule has 1 rings (SSSR count). The molecule has 0 aliphatic heterocycles. The molecule has 0 fully saturated rings. The van der Waals surface area contributed by atoms with Crippen molar-refractivity contribution in [3.05, 3.63) is 29.6 Å². The summed E-state index contributed by atoms with van der Waals surface area (Å²) in [5.41, 5.74) is 4.96. The quantitative estimate of drug-likeness (QED) is 0.560. The van der Waals surface area contributed by atoms with Crippen LogP contribution >= 0.6 is 0 Å². The fourth-order valence-corrected chi connectivity index (χ4v) is 1.42. The maximum absolute atomic E-state index is 8.91. The zero-order valence-corrected chi connectivity index (χ0v) is 9.83. The summed E-state index contributed by atoms with van der Waals surface area (Å²) >= 11 is 0. The minimum Gasteiger partial charge on any atom is -0.392 e. The number of aliphatic hydroxyl groups is 1. The van der Waals surface area contributed by atoms with E-state index in [1.165, 1.54) is 0 Å². The van der Waals surface area contributed by atoms with Gasteiger partial charge in [0.05, 0.1) is 6.61 Å². The van der Waals surface area contributed by atoms with E-state index in [9.17, 15) is 0 Å². The number of nitrogens with zero attached hydrogens (tertiary/aromatic N) is 1. The van der Waals surface area contributed by atoms with Crippen molar-refractivity contribution in [3.8, 4) is 11.5 Å². The van der Waals surface area contributed by atoms with E-state index in [0.29, 0.717) is 0 Å². The molecule has 0 spiro atoms. The van der Waals surface area contributed by atoms with Crippen LogP contribution in [-0.2, 0) is 6.61 Å². The average molecular weight is 205 g/mol. The summed E-state index contributed by atoms with van der Waals surface area (Å²) < 4.78 is 0. The van der Waals surface area contributed by atoms with Crippen molar-refractivity contribution >= 4 is 8.07 Å². The largest absolute Gasteiger partial charge is 0.392 e. The van der Waals surface area contributed by atoms with E-state index in [1.54, 1.807) is 12.4 Å². The zero-order valence-electron chi connectivity index (χ0n) is 8.83. The third-order valence-electron chi connectivity index (χ3n) is 1.56. The SMILES string of the molecule is C[Si](C)(C)C#Cc1cncc(CO)c1. The standard InChI is InChI=1S/C11H15NOSi/c1-14(2,3)5-4-10-6-11(9-13)8-12-7-10/h6-8,13H,9H2,1-3H3. The summed E-state index contributed by atoms with van der Waals surface area (Å²) in [7, 11) is -1.32. The maximum Gasteiger partial charge on any atom is 0.129 e. The number of aromatic nitrogens is 1. The topological polar surface area (TPSA) is 33.1 Å². The molecule has 0 bridgehead atoms. The van der Waals surface area contributed by atoms with Crippen molar-refractivity contribution < 1.29 is 5.11 Å². The molecule has 74 valence electrons. The summed E-state index contributed by atoms with van der Waals surface area (Å²) in [6.45, 7) is 6.62. The van der Waals surface area contributed by atoms with Gasteiger partial charge in [-0.15, -0.1) is 5.54 Å². The van der Waals surface area contributed by atoms with Crippen molar-refractivity contribution in [1.82, 2.24) is 4.98 Å². The number of aliphatic hydroxyl groups excluding tert-OH is 1. The predicted octanol–water partition coefficient (Wildman–Crippen LogP) is 1.80. The Morgan fingerprint density at radius 2 is 2.07 bits per heavy atom. The molecule has 1 N–H and O–H groups in total. The van der Waals surface area contributed by atoms with Crippen molar-refractivity contribution in [1.29, 1.82) is 0 Å². The highest BCUT2D eigenvalue weighted by Gasteiger charge is 2.07. The zero-order chi connectivity index (χ0) is 10.6. The number of hydrogen-bond donors (Lipinski definition) is 1. The van der Waals surface area contributed by atoms with Crippen LogP contribution in [-0.4, -0.2) is 18.2 Å². The monoisotopic (exact) mass is 205 g/mol. The summed E-state index contributed by atoms with van der Waals surface area (Å²) in [4.78, 5) is 4.01. The van der Waals surface area contributed by atoms with Crippen LogP contribution in [0.15, 0.2) is 18.5 Å². The van der Waals surface area contributed by atoms with Gasteiger partial charge in [0.2, 0.25) is 0 Å². The van der Waals surface area contributed by atoms with Crippen LogP contribution in [0.25, 0.3) is 0 Å².